The van der Waals surface area contributed by atoms with E-state index >= 15 is 0 Å². The SMILES string of the molecule is C[C@H](O)c1cc([N+](=O)[O-])c(-n2ccnc2)s1. The van der Waals surface area contributed by atoms with E-state index in [0.29, 0.717) is 9.88 Å². The van der Waals surface area contributed by atoms with E-state index in [1.54, 1.807) is 23.9 Å². The van der Waals surface area contributed by atoms with Gasteiger partial charge in [0.2, 0.25) is 0 Å². The zero-order valence-electron chi connectivity index (χ0n) is 8.40. The van der Waals surface area contributed by atoms with E-state index in [2.05, 4.69) is 4.98 Å². The molecule has 1 N–H and O–H groups in total. The fraction of sp³-hybridized carbons (Fsp3) is 0.222. The van der Waals surface area contributed by atoms with Crippen molar-refractivity contribution in [2.75, 3.05) is 0 Å². The van der Waals surface area contributed by atoms with Crippen LogP contribution in [0.5, 0.6) is 0 Å². The second-order valence-corrected chi connectivity index (χ2v) is 4.30. The molecule has 6 nitrogen and oxygen atoms in total. The van der Waals surface area contributed by atoms with Crippen molar-refractivity contribution in [3.05, 3.63) is 39.8 Å². The molecule has 2 aromatic heterocycles. The number of rotatable bonds is 3. The van der Waals surface area contributed by atoms with Crippen LogP contribution in [0.1, 0.15) is 17.9 Å². The second-order valence-electron chi connectivity index (χ2n) is 3.24. The van der Waals surface area contributed by atoms with Crippen molar-refractivity contribution in [3.8, 4) is 5.00 Å². The Morgan fingerprint density at radius 2 is 2.44 bits per heavy atom. The molecule has 16 heavy (non-hydrogen) atoms. The largest absolute Gasteiger partial charge is 0.388 e. The van der Waals surface area contributed by atoms with Gasteiger partial charge in [0.15, 0.2) is 5.00 Å². The fourth-order valence-electron chi connectivity index (χ4n) is 1.29. The Hall–Kier alpha value is -1.73. The maximum absolute atomic E-state index is 10.8. The molecule has 84 valence electrons. The average molecular weight is 239 g/mol. The first-order valence-electron chi connectivity index (χ1n) is 4.54. The van der Waals surface area contributed by atoms with Gasteiger partial charge < -0.3 is 5.11 Å². The van der Waals surface area contributed by atoms with Crippen LogP contribution < -0.4 is 0 Å². The summed E-state index contributed by atoms with van der Waals surface area (Å²) in [5.74, 6) is 0. The number of aromatic nitrogens is 2. The summed E-state index contributed by atoms with van der Waals surface area (Å²) in [4.78, 5) is 14.8. The summed E-state index contributed by atoms with van der Waals surface area (Å²) in [5, 5.41) is 20.7. The molecule has 2 heterocycles. The lowest BCUT2D eigenvalue weighted by Gasteiger charge is -1.97. The molecule has 0 saturated heterocycles. The first-order chi connectivity index (χ1) is 7.59. The maximum atomic E-state index is 10.8. The molecule has 0 aromatic carbocycles. The average Bonchev–Trinajstić information content (AvgIpc) is 2.86. The van der Waals surface area contributed by atoms with Crippen LogP contribution in [0.2, 0.25) is 0 Å². The number of nitro groups is 1. The van der Waals surface area contributed by atoms with E-state index in [9.17, 15) is 15.2 Å². The molecule has 0 amide bonds. The van der Waals surface area contributed by atoms with E-state index < -0.39 is 11.0 Å². The normalized spacial score (nSPS) is 12.6. The molecule has 0 bridgehead atoms. The van der Waals surface area contributed by atoms with E-state index in [0.717, 1.165) is 0 Å². The highest BCUT2D eigenvalue weighted by molar-refractivity contribution is 7.15. The number of nitrogens with zero attached hydrogens (tertiary/aromatic N) is 3. The summed E-state index contributed by atoms with van der Waals surface area (Å²) >= 11 is 1.18. The van der Waals surface area contributed by atoms with Crippen molar-refractivity contribution in [3.63, 3.8) is 0 Å². The van der Waals surface area contributed by atoms with Gasteiger partial charge in [-0.3, -0.25) is 14.7 Å². The molecule has 2 rings (SSSR count). The molecule has 7 heteroatoms. The maximum Gasteiger partial charge on any atom is 0.304 e. The van der Waals surface area contributed by atoms with Gasteiger partial charge in [0.05, 0.1) is 17.4 Å². The predicted molar refractivity (Wildman–Crippen MR) is 58.7 cm³/mol. The Morgan fingerprint density at radius 3 is 2.94 bits per heavy atom. The smallest absolute Gasteiger partial charge is 0.304 e. The summed E-state index contributed by atoms with van der Waals surface area (Å²) in [7, 11) is 0. The van der Waals surface area contributed by atoms with Crippen LogP contribution >= 0.6 is 11.3 Å². The molecule has 0 saturated carbocycles. The van der Waals surface area contributed by atoms with Gasteiger partial charge in [-0.15, -0.1) is 11.3 Å². The topological polar surface area (TPSA) is 81.2 Å². The number of hydrogen-bond acceptors (Lipinski definition) is 5. The van der Waals surface area contributed by atoms with Gasteiger partial charge in [-0.25, -0.2) is 4.98 Å². The molecule has 0 radical (unpaired) electrons. The third-order valence-electron chi connectivity index (χ3n) is 2.06. The van der Waals surface area contributed by atoms with Crippen LogP contribution in [-0.2, 0) is 0 Å². The van der Waals surface area contributed by atoms with Gasteiger partial charge in [-0.2, -0.15) is 0 Å². The Kier molecular flexibility index (Phi) is 2.71. The van der Waals surface area contributed by atoms with Crippen molar-refractivity contribution < 1.29 is 10.0 Å². The molecule has 0 unspecified atom stereocenters. The molecule has 0 spiro atoms. The quantitative estimate of drug-likeness (QED) is 0.655. The van der Waals surface area contributed by atoms with E-state index in [1.165, 1.54) is 23.7 Å². The lowest BCUT2D eigenvalue weighted by molar-refractivity contribution is -0.384. The molecule has 0 aliphatic heterocycles. The van der Waals surface area contributed by atoms with Crippen LogP contribution in [0.3, 0.4) is 0 Å². The number of aliphatic hydroxyl groups is 1. The monoisotopic (exact) mass is 239 g/mol. The van der Waals surface area contributed by atoms with Gasteiger partial charge in [0.1, 0.15) is 0 Å². The highest BCUT2D eigenvalue weighted by atomic mass is 32.1. The summed E-state index contributed by atoms with van der Waals surface area (Å²) in [6, 6.07) is 1.39. The summed E-state index contributed by atoms with van der Waals surface area (Å²) in [6.45, 7) is 1.58. The van der Waals surface area contributed by atoms with Crippen LogP contribution in [0, 0.1) is 10.1 Å². The van der Waals surface area contributed by atoms with Gasteiger partial charge >= 0.3 is 5.69 Å². The van der Waals surface area contributed by atoms with Crippen molar-refractivity contribution in [2.24, 2.45) is 0 Å². The summed E-state index contributed by atoms with van der Waals surface area (Å²) in [6.07, 6.45) is 3.96. The summed E-state index contributed by atoms with van der Waals surface area (Å²) < 4.78 is 1.56. The molecule has 2 aromatic rings. The van der Waals surface area contributed by atoms with Crippen LogP contribution in [0.4, 0.5) is 5.69 Å². The van der Waals surface area contributed by atoms with Crippen LogP contribution in [0.15, 0.2) is 24.8 Å². The highest BCUT2D eigenvalue weighted by Crippen LogP contribution is 2.35. The molecule has 0 fully saturated rings. The van der Waals surface area contributed by atoms with Gasteiger partial charge in [0.25, 0.3) is 0 Å². The lowest BCUT2D eigenvalue weighted by Crippen LogP contribution is -1.93. The highest BCUT2D eigenvalue weighted by Gasteiger charge is 2.21. The minimum absolute atomic E-state index is 0.0149. The van der Waals surface area contributed by atoms with Crippen LogP contribution in [0.25, 0.3) is 5.00 Å². The molecule has 0 aliphatic rings. The van der Waals surface area contributed by atoms with Crippen molar-refractivity contribution in [1.29, 1.82) is 0 Å². The van der Waals surface area contributed by atoms with Crippen molar-refractivity contribution >= 4 is 17.0 Å². The van der Waals surface area contributed by atoms with Crippen molar-refractivity contribution in [1.82, 2.24) is 9.55 Å². The number of imidazole rings is 1. The minimum Gasteiger partial charge on any atom is -0.388 e. The van der Waals surface area contributed by atoms with E-state index in [1.807, 2.05) is 0 Å². The molecule has 0 aliphatic carbocycles. The third kappa shape index (κ3) is 1.82. The molecular weight excluding hydrogens is 230 g/mol. The van der Waals surface area contributed by atoms with E-state index in [4.69, 9.17) is 0 Å². The zero-order valence-corrected chi connectivity index (χ0v) is 9.22. The Balaban J connectivity index is 2.55. The third-order valence-corrected chi connectivity index (χ3v) is 3.37. The molecular formula is C9H9N3O3S. The zero-order chi connectivity index (χ0) is 11.7. The van der Waals surface area contributed by atoms with Crippen LogP contribution in [-0.4, -0.2) is 19.6 Å². The van der Waals surface area contributed by atoms with E-state index in [-0.39, 0.29) is 5.69 Å². The first kappa shape index (κ1) is 10.8. The minimum atomic E-state index is -0.707. The Bertz CT molecular complexity index is 504. The Labute approximate surface area is 94.9 Å². The standard InChI is InChI=1S/C9H9N3O3S/c1-6(13)8-4-7(12(14)15)9(16-8)11-3-2-10-5-11/h2-6,13H,1H3/t6-/m0/s1. The Morgan fingerprint density at radius 1 is 1.69 bits per heavy atom. The molecule has 1 atom stereocenters. The second kappa shape index (κ2) is 4.03. The van der Waals surface area contributed by atoms with Crippen molar-refractivity contribution in [2.45, 2.75) is 13.0 Å². The number of aliphatic hydroxyl groups excluding tert-OH is 1. The fourth-order valence-corrected chi connectivity index (χ4v) is 2.31. The lowest BCUT2D eigenvalue weighted by atomic mass is 10.3. The van der Waals surface area contributed by atoms with Gasteiger partial charge in [-0.05, 0) is 6.92 Å². The predicted octanol–water partition coefficient (Wildman–Crippen LogP) is 1.90. The number of hydrogen-bond donors (Lipinski definition) is 1. The van der Waals surface area contributed by atoms with Gasteiger partial charge in [0, 0.05) is 23.3 Å². The first-order valence-corrected chi connectivity index (χ1v) is 5.35. The van der Waals surface area contributed by atoms with Gasteiger partial charge in [-0.1, -0.05) is 0 Å². The number of thiophene rings is 1. The summed E-state index contributed by atoms with van der Waals surface area (Å²) in [5.41, 5.74) is -0.0149.